The van der Waals surface area contributed by atoms with E-state index in [2.05, 4.69) is 6.92 Å². The Bertz CT molecular complexity index is 382. The maximum atomic E-state index is 5.61. The third-order valence-corrected chi connectivity index (χ3v) is 5.55. The Labute approximate surface area is 238 Å². The zero-order valence-corrected chi connectivity index (χ0v) is 25.2. The summed E-state index contributed by atoms with van der Waals surface area (Å²) in [7, 11) is 1.65. The van der Waals surface area contributed by atoms with Gasteiger partial charge in [0, 0.05) is 13.7 Å². The van der Waals surface area contributed by atoms with E-state index < -0.39 is 0 Å². The monoisotopic (exact) mass is 568 g/mol. The molecule has 0 atom stereocenters. The Morgan fingerprint density at radius 2 is 0.487 bits per heavy atom. The van der Waals surface area contributed by atoms with E-state index >= 15 is 0 Å². The van der Waals surface area contributed by atoms with Crippen LogP contribution < -0.4 is 0 Å². The van der Waals surface area contributed by atoms with E-state index in [0.717, 1.165) is 13.0 Å². The SMILES string of the molecule is CCCCCCCCCCOCCOCCOCCOCCOCCOCCOCCOCCOCCOC. The first kappa shape index (κ1) is 38.6. The van der Waals surface area contributed by atoms with Crippen molar-refractivity contribution in [3.8, 4) is 0 Å². The van der Waals surface area contributed by atoms with Gasteiger partial charge in [-0.15, -0.1) is 0 Å². The molecule has 0 saturated heterocycles. The molecule has 0 amide bonds. The fraction of sp³-hybridized carbons (Fsp3) is 1.00. The summed E-state index contributed by atoms with van der Waals surface area (Å²) >= 11 is 0. The molecule has 0 aromatic carbocycles. The van der Waals surface area contributed by atoms with E-state index in [0.29, 0.717) is 119 Å². The van der Waals surface area contributed by atoms with E-state index in [9.17, 15) is 0 Å². The molecule has 0 aromatic rings. The first-order valence-corrected chi connectivity index (χ1v) is 15.1. The van der Waals surface area contributed by atoms with Gasteiger partial charge < -0.3 is 47.4 Å². The molecule has 0 unspecified atom stereocenters. The second-order valence-corrected chi connectivity index (χ2v) is 8.98. The van der Waals surface area contributed by atoms with Crippen LogP contribution >= 0.6 is 0 Å². The molecule has 0 heterocycles. The van der Waals surface area contributed by atoms with Crippen molar-refractivity contribution in [3.63, 3.8) is 0 Å². The van der Waals surface area contributed by atoms with Crippen LogP contribution in [-0.2, 0) is 47.4 Å². The van der Waals surface area contributed by atoms with Crippen LogP contribution in [-0.4, -0.2) is 133 Å². The molecule has 10 heteroatoms. The van der Waals surface area contributed by atoms with Gasteiger partial charge in [0.25, 0.3) is 0 Å². The zero-order chi connectivity index (χ0) is 28.2. The highest BCUT2D eigenvalue weighted by Crippen LogP contribution is 2.08. The van der Waals surface area contributed by atoms with Crippen LogP contribution in [0.5, 0.6) is 0 Å². The average molecular weight is 569 g/mol. The van der Waals surface area contributed by atoms with Gasteiger partial charge in [-0.05, 0) is 6.42 Å². The number of ether oxygens (including phenoxy) is 10. The molecule has 0 aliphatic heterocycles. The molecule has 0 radical (unpaired) electrons. The third-order valence-electron chi connectivity index (χ3n) is 5.55. The Balaban J connectivity index is 3.01. The van der Waals surface area contributed by atoms with Crippen LogP contribution in [0.4, 0.5) is 0 Å². The molecule has 0 fully saturated rings. The summed E-state index contributed by atoms with van der Waals surface area (Å²) in [6.07, 6.45) is 10.6. The van der Waals surface area contributed by atoms with Crippen molar-refractivity contribution < 1.29 is 47.4 Å². The average Bonchev–Trinajstić information content (AvgIpc) is 2.95. The topological polar surface area (TPSA) is 92.3 Å². The van der Waals surface area contributed by atoms with Gasteiger partial charge in [-0.25, -0.2) is 0 Å². The van der Waals surface area contributed by atoms with Crippen molar-refractivity contribution in [1.82, 2.24) is 0 Å². The van der Waals surface area contributed by atoms with Gasteiger partial charge in [-0.3, -0.25) is 0 Å². The Morgan fingerprint density at radius 3 is 0.769 bits per heavy atom. The van der Waals surface area contributed by atoms with E-state index in [-0.39, 0.29) is 0 Å². The summed E-state index contributed by atoms with van der Waals surface area (Å²) < 4.78 is 54.1. The van der Waals surface area contributed by atoms with Crippen LogP contribution in [0, 0.1) is 0 Å². The van der Waals surface area contributed by atoms with Crippen LogP contribution in [0.25, 0.3) is 0 Å². The van der Waals surface area contributed by atoms with E-state index in [1.807, 2.05) is 0 Å². The summed E-state index contributed by atoms with van der Waals surface area (Å²) in [5.74, 6) is 0. The van der Waals surface area contributed by atoms with Crippen molar-refractivity contribution in [2.24, 2.45) is 0 Å². The van der Waals surface area contributed by atoms with Gasteiger partial charge in [0.1, 0.15) is 0 Å². The van der Waals surface area contributed by atoms with Gasteiger partial charge in [0.05, 0.1) is 119 Å². The molecule has 236 valence electrons. The second-order valence-electron chi connectivity index (χ2n) is 8.98. The van der Waals surface area contributed by atoms with Gasteiger partial charge in [0.15, 0.2) is 0 Å². The van der Waals surface area contributed by atoms with Gasteiger partial charge in [-0.1, -0.05) is 51.9 Å². The number of rotatable bonds is 36. The minimum atomic E-state index is 0.534. The minimum absolute atomic E-state index is 0.534. The summed E-state index contributed by atoms with van der Waals surface area (Å²) in [6.45, 7) is 13.2. The fourth-order valence-electron chi connectivity index (χ4n) is 3.34. The zero-order valence-electron chi connectivity index (χ0n) is 25.2. The lowest BCUT2D eigenvalue weighted by Gasteiger charge is -2.09. The van der Waals surface area contributed by atoms with Crippen LogP contribution in [0.1, 0.15) is 58.3 Å². The fourth-order valence-corrected chi connectivity index (χ4v) is 3.34. The summed E-state index contributed by atoms with van der Waals surface area (Å²) in [5.41, 5.74) is 0. The normalized spacial score (nSPS) is 11.5. The Morgan fingerprint density at radius 1 is 0.256 bits per heavy atom. The largest absolute Gasteiger partial charge is 0.382 e. The summed E-state index contributed by atoms with van der Waals surface area (Å²) in [6, 6.07) is 0. The van der Waals surface area contributed by atoms with Crippen molar-refractivity contribution in [2.75, 3.05) is 133 Å². The number of hydrogen-bond acceptors (Lipinski definition) is 10. The van der Waals surface area contributed by atoms with Crippen molar-refractivity contribution >= 4 is 0 Å². The Hall–Kier alpha value is -0.400. The molecule has 0 rings (SSSR count). The first-order chi connectivity index (χ1) is 19.4. The lowest BCUT2D eigenvalue weighted by atomic mass is 10.1. The second kappa shape index (κ2) is 37.6. The number of unbranched alkanes of at least 4 members (excludes halogenated alkanes) is 7. The van der Waals surface area contributed by atoms with Gasteiger partial charge in [0.2, 0.25) is 0 Å². The van der Waals surface area contributed by atoms with Crippen molar-refractivity contribution in [3.05, 3.63) is 0 Å². The molecule has 10 nitrogen and oxygen atoms in total. The van der Waals surface area contributed by atoms with Gasteiger partial charge >= 0.3 is 0 Å². The van der Waals surface area contributed by atoms with Gasteiger partial charge in [-0.2, -0.15) is 0 Å². The lowest BCUT2D eigenvalue weighted by molar-refractivity contribution is -0.0259. The molecular formula is C29H60O10. The number of hydrogen-bond donors (Lipinski definition) is 0. The van der Waals surface area contributed by atoms with E-state index in [4.69, 9.17) is 47.4 Å². The number of methoxy groups -OCH3 is 1. The smallest absolute Gasteiger partial charge is 0.0701 e. The van der Waals surface area contributed by atoms with Crippen LogP contribution in [0.15, 0.2) is 0 Å². The van der Waals surface area contributed by atoms with Crippen molar-refractivity contribution in [2.45, 2.75) is 58.3 Å². The predicted octanol–water partition coefficient (Wildman–Crippen LogP) is 3.92. The molecular weight excluding hydrogens is 508 g/mol. The summed E-state index contributed by atoms with van der Waals surface area (Å²) in [5, 5.41) is 0. The highest BCUT2D eigenvalue weighted by atomic mass is 16.6. The van der Waals surface area contributed by atoms with Crippen LogP contribution in [0.2, 0.25) is 0 Å². The third kappa shape index (κ3) is 37.6. The maximum absolute atomic E-state index is 5.61. The van der Waals surface area contributed by atoms with E-state index in [1.54, 1.807) is 7.11 Å². The summed E-state index contributed by atoms with van der Waals surface area (Å²) in [4.78, 5) is 0. The highest BCUT2D eigenvalue weighted by Gasteiger charge is 1.96. The molecule has 0 spiro atoms. The van der Waals surface area contributed by atoms with Crippen molar-refractivity contribution in [1.29, 1.82) is 0 Å². The molecule has 0 saturated carbocycles. The van der Waals surface area contributed by atoms with E-state index in [1.165, 1.54) is 44.9 Å². The molecule has 0 aromatic heterocycles. The molecule has 39 heavy (non-hydrogen) atoms. The molecule has 0 N–H and O–H groups in total. The predicted molar refractivity (Wildman–Crippen MR) is 152 cm³/mol. The quantitative estimate of drug-likeness (QED) is 0.104. The van der Waals surface area contributed by atoms with Crippen LogP contribution in [0.3, 0.4) is 0 Å². The minimum Gasteiger partial charge on any atom is -0.382 e. The first-order valence-electron chi connectivity index (χ1n) is 15.1. The maximum Gasteiger partial charge on any atom is 0.0701 e. The molecule has 0 aliphatic rings. The highest BCUT2D eigenvalue weighted by molar-refractivity contribution is 4.46. The Kier molecular flexibility index (Phi) is 37.2. The molecule has 0 aliphatic carbocycles. The lowest BCUT2D eigenvalue weighted by Crippen LogP contribution is -2.15. The molecule has 0 bridgehead atoms. The standard InChI is InChI=1S/C29H60O10/c1-3-4-5-6-7-8-9-10-11-31-14-15-33-18-19-35-22-23-37-26-27-39-29-28-38-25-24-36-21-20-34-17-16-32-13-12-30-2/h3-29H2,1-2H3.